The summed E-state index contributed by atoms with van der Waals surface area (Å²) in [5, 5.41) is 4.33. The molecule has 0 radical (unpaired) electrons. The number of hydrogen-bond donors (Lipinski definition) is 1. The molecule has 0 spiro atoms. The predicted octanol–water partition coefficient (Wildman–Crippen LogP) is 6.55. The normalized spacial score (nSPS) is 14.2. The van der Waals surface area contributed by atoms with E-state index in [0.29, 0.717) is 44.2 Å². The summed E-state index contributed by atoms with van der Waals surface area (Å²) in [5.41, 5.74) is 2.82. The summed E-state index contributed by atoms with van der Waals surface area (Å²) in [4.78, 5) is 16.6. The van der Waals surface area contributed by atoms with Crippen LogP contribution in [0.15, 0.2) is 53.1 Å². The van der Waals surface area contributed by atoms with Gasteiger partial charge in [-0.15, -0.1) is 0 Å². The molecule has 0 amide bonds. The van der Waals surface area contributed by atoms with Gasteiger partial charge < -0.3 is 14.6 Å². The van der Waals surface area contributed by atoms with Crippen molar-refractivity contribution in [3.05, 3.63) is 58.7 Å². The van der Waals surface area contributed by atoms with Gasteiger partial charge in [0.2, 0.25) is 5.89 Å². The standard InChI is InChI=1S/C25H25Cl2N5O/c26-18-14-20-21(15-19(18)27)31-24(28-10-4-5-11-32-12-6-7-13-32)23(30-20)25-29-16-22(33-25)17-8-2-1-3-9-17/h1-3,8-9,14-16H,4-7,10-13H2,(H,28,31). The number of fused-ring (bicyclic) bond motifs is 1. The molecule has 1 fully saturated rings. The second-order valence-corrected chi connectivity index (χ2v) is 9.07. The van der Waals surface area contributed by atoms with Crippen LogP contribution in [0.4, 0.5) is 5.82 Å². The summed E-state index contributed by atoms with van der Waals surface area (Å²) >= 11 is 12.4. The van der Waals surface area contributed by atoms with Gasteiger partial charge >= 0.3 is 0 Å². The van der Waals surface area contributed by atoms with Crippen molar-refractivity contribution >= 4 is 40.1 Å². The van der Waals surface area contributed by atoms with E-state index in [1.807, 2.05) is 30.3 Å². The largest absolute Gasteiger partial charge is 0.435 e. The molecule has 1 aliphatic rings. The third-order valence-electron chi connectivity index (χ3n) is 5.87. The summed E-state index contributed by atoms with van der Waals surface area (Å²) in [6.07, 6.45) is 6.54. The maximum Gasteiger partial charge on any atom is 0.249 e. The number of hydrogen-bond acceptors (Lipinski definition) is 6. The van der Waals surface area contributed by atoms with E-state index in [9.17, 15) is 0 Å². The molecule has 0 saturated carbocycles. The fourth-order valence-electron chi connectivity index (χ4n) is 4.12. The second-order valence-electron chi connectivity index (χ2n) is 8.25. The Morgan fingerprint density at radius 3 is 2.42 bits per heavy atom. The van der Waals surface area contributed by atoms with Crippen molar-refractivity contribution in [2.75, 3.05) is 31.5 Å². The minimum atomic E-state index is 0.411. The van der Waals surface area contributed by atoms with Crippen molar-refractivity contribution in [2.24, 2.45) is 0 Å². The van der Waals surface area contributed by atoms with E-state index < -0.39 is 0 Å². The lowest BCUT2D eigenvalue weighted by atomic mass is 10.2. The molecule has 0 unspecified atom stereocenters. The van der Waals surface area contributed by atoms with Crippen molar-refractivity contribution in [3.63, 3.8) is 0 Å². The van der Waals surface area contributed by atoms with E-state index in [1.54, 1.807) is 18.3 Å². The molecule has 0 atom stereocenters. The first-order valence-electron chi connectivity index (χ1n) is 11.3. The van der Waals surface area contributed by atoms with Gasteiger partial charge in [0.15, 0.2) is 17.3 Å². The predicted molar refractivity (Wildman–Crippen MR) is 134 cm³/mol. The molecular weight excluding hydrogens is 457 g/mol. The smallest absolute Gasteiger partial charge is 0.249 e. The lowest BCUT2D eigenvalue weighted by Gasteiger charge is -2.14. The molecule has 1 aliphatic heterocycles. The number of oxazole rings is 1. The summed E-state index contributed by atoms with van der Waals surface area (Å²) in [5.74, 6) is 1.72. The Kier molecular flexibility index (Phi) is 6.76. The zero-order valence-electron chi connectivity index (χ0n) is 18.2. The molecular formula is C25H25Cl2N5O. The number of unbranched alkanes of at least 4 members (excludes halogenated alkanes) is 1. The van der Waals surface area contributed by atoms with Crippen molar-refractivity contribution in [1.82, 2.24) is 19.9 Å². The van der Waals surface area contributed by atoms with Crippen LogP contribution in [0.5, 0.6) is 0 Å². The molecule has 170 valence electrons. The lowest BCUT2D eigenvalue weighted by molar-refractivity contribution is 0.331. The third-order valence-corrected chi connectivity index (χ3v) is 6.59. The lowest BCUT2D eigenvalue weighted by Crippen LogP contribution is -2.21. The van der Waals surface area contributed by atoms with Gasteiger partial charge in [0.05, 0.1) is 27.3 Å². The van der Waals surface area contributed by atoms with E-state index in [2.05, 4.69) is 15.2 Å². The minimum Gasteiger partial charge on any atom is -0.435 e. The molecule has 5 rings (SSSR count). The first kappa shape index (κ1) is 22.1. The number of benzene rings is 2. The molecule has 0 aliphatic carbocycles. The highest BCUT2D eigenvalue weighted by Gasteiger charge is 2.18. The Balaban J connectivity index is 1.40. The van der Waals surface area contributed by atoms with Gasteiger partial charge in [-0.25, -0.2) is 15.0 Å². The number of rotatable bonds is 8. The minimum absolute atomic E-state index is 0.411. The molecule has 6 nitrogen and oxygen atoms in total. The first-order valence-corrected chi connectivity index (χ1v) is 12.1. The molecule has 3 heterocycles. The molecule has 0 bridgehead atoms. The van der Waals surface area contributed by atoms with E-state index in [1.165, 1.54) is 25.9 Å². The SMILES string of the molecule is Clc1cc2nc(NCCCCN3CCCC3)c(-c3ncc(-c4ccccc4)o3)nc2cc1Cl. The van der Waals surface area contributed by atoms with E-state index in [-0.39, 0.29) is 0 Å². The van der Waals surface area contributed by atoms with Crippen LogP contribution in [0.3, 0.4) is 0 Å². The van der Waals surface area contributed by atoms with Gasteiger partial charge in [0.25, 0.3) is 0 Å². The maximum atomic E-state index is 6.22. The number of aromatic nitrogens is 3. The van der Waals surface area contributed by atoms with Gasteiger partial charge in [-0.3, -0.25) is 0 Å². The number of halogens is 2. The summed E-state index contributed by atoms with van der Waals surface area (Å²) in [6.45, 7) is 4.39. The van der Waals surface area contributed by atoms with Crippen molar-refractivity contribution in [2.45, 2.75) is 25.7 Å². The summed E-state index contributed by atoms with van der Waals surface area (Å²) < 4.78 is 6.07. The summed E-state index contributed by atoms with van der Waals surface area (Å²) in [6, 6.07) is 13.3. The molecule has 8 heteroatoms. The van der Waals surface area contributed by atoms with E-state index in [4.69, 9.17) is 37.6 Å². The Labute approximate surface area is 203 Å². The van der Waals surface area contributed by atoms with Gasteiger partial charge in [0, 0.05) is 12.1 Å². The highest BCUT2D eigenvalue weighted by molar-refractivity contribution is 6.42. The Hall–Kier alpha value is -2.67. The van der Waals surface area contributed by atoms with Crippen LogP contribution in [0, 0.1) is 0 Å². The van der Waals surface area contributed by atoms with Crippen LogP contribution in [-0.4, -0.2) is 46.0 Å². The Bertz CT molecular complexity index is 1240. The Morgan fingerprint density at radius 1 is 0.939 bits per heavy atom. The monoisotopic (exact) mass is 481 g/mol. The number of likely N-dealkylation sites (tertiary alicyclic amines) is 1. The Morgan fingerprint density at radius 2 is 1.67 bits per heavy atom. The third kappa shape index (κ3) is 5.13. The number of nitrogens with one attached hydrogen (secondary N) is 1. The van der Waals surface area contributed by atoms with E-state index in [0.717, 1.165) is 31.5 Å². The number of anilines is 1. The molecule has 1 saturated heterocycles. The second kappa shape index (κ2) is 10.1. The van der Waals surface area contributed by atoms with Crippen molar-refractivity contribution < 1.29 is 4.42 Å². The average molecular weight is 482 g/mol. The van der Waals surface area contributed by atoms with Crippen LogP contribution in [0.1, 0.15) is 25.7 Å². The fourth-order valence-corrected chi connectivity index (χ4v) is 4.43. The summed E-state index contributed by atoms with van der Waals surface area (Å²) in [7, 11) is 0. The first-order chi connectivity index (χ1) is 16.2. The highest BCUT2D eigenvalue weighted by atomic mass is 35.5. The van der Waals surface area contributed by atoms with Gasteiger partial charge in [-0.1, -0.05) is 53.5 Å². The molecule has 2 aromatic carbocycles. The topological polar surface area (TPSA) is 67.1 Å². The quantitative estimate of drug-likeness (QED) is 0.288. The average Bonchev–Trinajstić information content (AvgIpc) is 3.52. The molecule has 4 aromatic rings. The number of nitrogens with zero attached hydrogens (tertiary/aromatic N) is 4. The van der Waals surface area contributed by atoms with Gasteiger partial charge in [-0.2, -0.15) is 0 Å². The maximum absolute atomic E-state index is 6.22. The zero-order chi connectivity index (χ0) is 22.6. The highest BCUT2D eigenvalue weighted by Crippen LogP contribution is 2.32. The fraction of sp³-hybridized carbons (Fsp3) is 0.320. The van der Waals surface area contributed by atoms with Gasteiger partial charge in [-0.05, 0) is 57.5 Å². The van der Waals surface area contributed by atoms with E-state index >= 15 is 0 Å². The van der Waals surface area contributed by atoms with Crippen LogP contribution in [0.2, 0.25) is 10.0 Å². The zero-order valence-corrected chi connectivity index (χ0v) is 19.7. The molecule has 1 N–H and O–H groups in total. The van der Waals surface area contributed by atoms with Crippen molar-refractivity contribution in [3.8, 4) is 22.9 Å². The van der Waals surface area contributed by atoms with Gasteiger partial charge in [0.1, 0.15) is 0 Å². The van der Waals surface area contributed by atoms with Crippen LogP contribution >= 0.6 is 23.2 Å². The molecule has 33 heavy (non-hydrogen) atoms. The van der Waals surface area contributed by atoms with Crippen LogP contribution in [0.25, 0.3) is 33.9 Å². The van der Waals surface area contributed by atoms with Crippen LogP contribution in [-0.2, 0) is 0 Å². The molecule has 2 aromatic heterocycles. The van der Waals surface area contributed by atoms with Crippen molar-refractivity contribution in [1.29, 1.82) is 0 Å². The van der Waals surface area contributed by atoms with Crippen LogP contribution < -0.4 is 5.32 Å².